The Morgan fingerprint density at radius 3 is 1.04 bits per heavy atom. The number of nitrogens with zero attached hydrogens (tertiary/aromatic N) is 3. The number of aliphatic imine (C=N–C) groups is 1. The van der Waals surface area contributed by atoms with Gasteiger partial charge in [0.1, 0.15) is 26.4 Å². The van der Waals surface area contributed by atoms with E-state index in [1.807, 2.05) is 27.7 Å². The van der Waals surface area contributed by atoms with E-state index in [0.717, 1.165) is 77.0 Å². The van der Waals surface area contributed by atoms with Crippen molar-refractivity contribution >= 4 is 48.2 Å². The summed E-state index contributed by atoms with van der Waals surface area (Å²) in [6.45, 7) is 7.65. The van der Waals surface area contributed by atoms with Crippen LogP contribution in [-0.4, -0.2) is 123 Å². The lowest BCUT2D eigenvalue weighted by Gasteiger charge is -2.27. The fourth-order valence-corrected chi connectivity index (χ4v) is 11.9. The molecule has 0 aromatic carbocycles. The highest BCUT2D eigenvalue weighted by Gasteiger charge is 2.30. The van der Waals surface area contributed by atoms with Gasteiger partial charge >= 0.3 is 41.8 Å². The van der Waals surface area contributed by atoms with Gasteiger partial charge in [0.05, 0.1) is 36.6 Å². The summed E-state index contributed by atoms with van der Waals surface area (Å²) < 4.78 is 34.4. The summed E-state index contributed by atoms with van der Waals surface area (Å²) in [6, 6.07) is -0.323. The molecule has 4 unspecified atom stereocenters. The molecule has 5 rings (SSSR count). The van der Waals surface area contributed by atoms with Crippen molar-refractivity contribution in [1.29, 1.82) is 0 Å². The third-order valence-corrected chi connectivity index (χ3v) is 16.3. The molecule has 5 aliphatic rings. The number of hydrogen-bond donors (Lipinski definition) is 0. The van der Waals surface area contributed by atoms with Crippen molar-refractivity contribution in [2.75, 3.05) is 52.6 Å². The number of carbonyl (C=O) groups excluding carboxylic acids is 7. The second kappa shape index (κ2) is 33.7. The number of carbonyl (C=O) groups is 7. The number of rotatable bonds is 30. The van der Waals surface area contributed by atoms with Crippen LogP contribution in [0.3, 0.4) is 0 Å². The fourth-order valence-electron chi connectivity index (χ4n) is 11.9. The highest BCUT2D eigenvalue weighted by molar-refractivity contribution is 5.87. The van der Waals surface area contributed by atoms with Gasteiger partial charge < -0.3 is 33.3 Å². The average molecular weight is 1040 g/mol. The van der Waals surface area contributed by atoms with Gasteiger partial charge in [0.25, 0.3) is 0 Å². The first-order valence-corrected chi connectivity index (χ1v) is 29.3. The Kier molecular flexibility index (Phi) is 27.6. The molecule has 0 saturated heterocycles. The number of hydrogen-bond acceptors (Lipinski definition) is 14. The van der Waals surface area contributed by atoms with E-state index < -0.39 is 24.1 Å². The minimum Gasteiger partial charge on any atom is -0.461 e. The van der Waals surface area contributed by atoms with Crippen LogP contribution in [0, 0.1) is 47.3 Å². The number of ether oxygens (including phenoxy) is 6. The van der Waals surface area contributed by atoms with Crippen molar-refractivity contribution in [3.63, 3.8) is 0 Å². The highest BCUT2D eigenvalue weighted by Crippen LogP contribution is 2.33. The quantitative estimate of drug-likeness (QED) is 0.0488. The Morgan fingerprint density at radius 2 is 0.770 bits per heavy atom. The maximum Gasteiger partial charge on any atom is 0.325 e. The molecule has 16 heteroatoms. The first-order chi connectivity index (χ1) is 35.7. The van der Waals surface area contributed by atoms with Crippen molar-refractivity contribution in [3.8, 4) is 0 Å². The Bertz CT molecular complexity index is 1560. The summed E-state index contributed by atoms with van der Waals surface area (Å²) in [5, 5.41) is 0. The summed E-state index contributed by atoms with van der Waals surface area (Å²) in [5.74, 6) is -2.01. The molecule has 4 aliphatic carbocycles. The van der Waals surface area contributed by atoms with E-state index in [1.54, 1.807) is 4.90 Å². The summed E-state index contributed by atoms with van der Waals surface area (Å²) in [5.41, 5.74) is 0. The van der Waals surface area contributed by atoms with E-state index in [2.05, 4.69) is 4.99 Å². The van der Waals surface area contributed by atoms with Gasteiger partial charge in [-0.05, 0) is 62.2 Å². The normalized spacial score (nSPS) is 20.6. The van der Waals surface area contributed by atoms with Crippen molar-refractivity contribution < 1.29 is 62.0 Å². The lowest BCUT2D eigenvalue weighted by Crippen LogP contribution is -2.43. The van der Waals surface area contributed by atoms with E-state index in [9.17, 15) is 33.6 Å². The molecule has 0 N–H and O–H groups in total. The highest BCUT2D eigenvalue weighted by atomic mass is 16.6. The predicted molar refractivity (Wildman–Crippen MR) is 281 cm³/mol. The van der Waals surface area contributed by atoms with Crippen LogP contribution in [0.15, 0.2) is 4.99 Å². The number of urea groups is 1. The standard InChI is InChI=1S/C58H95N3O13/c1-42(33-46-19-9-5-10-20-46)54(64)69-37-50(38-70-55(65)43(2)34-47-21-11-6-12-22-47)73-52(62)27-17-30-60(58(68)61-32-29-59-41-61)31-18-28-53(63)74-51(39-71-56(66)44(3)35-48-23-13-7-14-24-48)40-72-57(67)45(4)36-49-25-15-8-16-26-49/h41-51H,5-40H2,1-4H3. The molecular weight excluding hydrogens is 947 g/mol. The Morgan fingerprint density at radius 1 is 0.473 bits per heavy atom. The van der Waals surface area contributed by atoms with Crippen LogP contribution in [0.25, 0.3) is 0 Å². The third-order valence-electron chi connectivity index (χ3n) is 16.3. The molecular formula is C58H95N3O13. The molecule has 0 bridgehead atoms. The van der Waals surface area contributed by atoms with E-state index in [0.29, 0.717) is 36.8 Å². The average Bonchev–Trinajstić information content (AvgIpc) is 3.96. The van der Waals surface area contributed by atoms with Gasteiger partial charge in [-0.15, -0.1) is 0 Å². The van der Waals surface area contributed by atoms with Crippen LogP contribution in [0.1, 0.15) is 207 Å². The van der Waals surface area contributed by atoms with Gasteiger partial charge in [-0.25, -0.2) is 4.79 Å². The number of amides is 2. The molecule has 4 saturated carbocycles. The van der Waals surface area contributed by atoms with Gasteiger partial charge in [0.15, 0.2) is 12.2 Å². The van der Waals surface area contributed by atoms with Crippen LogP contribution in [0.5, 0.6) is 0 Å². The summed E-state index contributed by atoms with van der Waals surface area (Å²) >= 11 is 0. The maximum atomic E-state index is 13.7. The first-order valence-electron chi connectivity index (χ1n) is 29.3. The smallest absolute Gasteiger partial charge is 0.325 e. The van der Waals surface area contributed by atoms with Crippen LogP contribution in [0.4, 0.5) is 4.79 Å². The molecule has 4 atom stereocenters. The molecule has 0 spiro atoms. The molecule has 420 valence electrons. The molecule has 2 amide bonds. The monoisotopic (exact) mass is 1040 g/mol. The van der Waals surface area contributed by atoms with E-state index in [-0.39, 0.29) is 119 Å². The molecule has 16 nitrogen and oxygen atoms in total. The van der Waals surface area contributed by atoms with Crippen LogP contribution >= 0.6 is 0 Å². The van der Waals surface area contributed by atoms with Gasteiger partial charge in [-0.3, -0.25) is 38.7 Å². The van der Waals surface area contributed by atoms with Crippen molar-refractivity contribution in [3.05, 3.63) is 0 Å². The molecule has 1 aliphatic heterocycles. The van der Waals surface area contributed by atoms with Crippen LogP contribution in [0.2, 0.25) is 0 Å². The number of esters is 6. The van der Waals surface area contributed by atoms with Gasteiger partial charge in [-0.2, -0.15) is 0 Å². The minimum absolute atomic E-state index is 0.0772. The maximum absolute atomic E-state index is 13.7. The molecule has 1 heterocycles. The molecule has 0 aromatic heterocycles. The summed E-state index contributed by atoms with van der Waals surface area (Å²) in [6.07, 6.45) is 25.8. The van der Waals surface area contributed by atoms with E-state index in [1.165, 1.54) is 88.3 Å². The van der Waals surface area contributed by atoms with Crippen LogP contribution < -0.4 is 0 Å². The lowest BCUT2D eigenvalue weighted by molar-refractivity contribution is -0.169. The van der Waals surface area contributed by atoms with Gasteiger partial charge in [-0.1, -0.05) is 156 Å². The fraction of sp³-hybridized carbons (Fsp3) is 0.862. The zero-order chi connectivity index (χ0) is 53.1. The molecule has 4 fully saturated rings. The molecule has 0 radical (unpaired) electrons. The zero-order valence-corrected chi connectivity index (χ0v) is 46.0. The summed E-state index contributed by atoms with van der Waals surface area (Å²) in [4.78, 5) is 100. The predicted octanol–water partition coefficient (Wildman–Crippen LogP) is 10.7. The van der Waals surface area contributed by atoms with Crippen molar-refractivity contribution in [2.45, 2.75) is 220 Å². The van der Waals surface area contributed by atoms with Crippen molar-refractivity contribution in [1.82, 2.24) is 9.80 Å². The molecule has 74 heavy (non-hydrogen) atoms. The van der Waals surface area contributed by atoms with E-state index in [4.69, 9.17) is 28.4 Å². The second-order valence-electron chi connectivity index (χ2n) is 23.0. The molecule has 0 aromatic rings. The SMILES string of the molecule is CC(CC1CCCCC1)C(=O)OCC(COC(=O)C(C)CC1CCCCC1)OC(=O)CCCN(CCCC(=O)OC(COC(=O)C(C)CC1CCCCC1)COC(=O)C(C)CC1CCCCC1)C(=O)N1C=NCC1. The Hall–Kier alpha value is -4.24. The van der Waals surface area contributed by atoms with Gasteiger partial charge in [0.2, 0.25) is 0 Å². The Labute approximate surface area is 443 Å². The van der Waals surface area contributed by atoms with Gasteiger partial charge in [0, 0.05) is 32.5 Å². The zero-order valence-electron chi connectivity index (χ0n) is 46.0. The second-order valence-corrected chi connectivity index (χ2v) is 23.0. The summed E-state index contributed by atoms with van der Waals surface area (Å²) in [7, 11) is 0. The van der Waals surface area contributed by atoms with Crippen molar-refractivity contribution in [2.24, 2.45) is 52.3 Å². The lowest BCUT2D eigenvalue weighted by atomic mass is 9.83. The third kappa shape index (κ3) is 22.9. The largest absolute Gasteiger partial charge is 0.461 e. The topological polar surface area (TPSA) is 194 Å². The van der Waals surface area contributed by atoms with E-state index >= 15 is 0 Å². The first kappa shape index (κ1) is 60.6. The minimum atomic E-state index is -1.01. The van der Waals surface area contributed by atoms with Crippen LogP contribution in [-0.2, 0) is 57.2 Å². The Balaban J connectivity index is 1.13.